The molecule has 2 N–H and O–H groups in total. The molecular formula is C19H30N2O5SSn. The molecule has 9 heteroatoms. The number of hydrogen-bond acceptors (Lipinski definition) is 4. The quantitative estimate of drug-likeness (QED) is 0.434. The monoisotopic (exact) mass is 518 g/mol. The Balaban J connectivity index is 2.81. The summed E-state index contributed by atoms with van der Waals surface area (Å²) in [6.07, 6.45) is 3.68. The summed E-state index contributed by atoms with van der Waals surface area (Å²) in [7, 11) is 0. The van der Waals surface area contributed by atoms with Gasteiger partial charge in [0.25, 0.3) is 0 Å². The molecule has 0 spiro atoms. The maximum absolute atomic E-state index is 12.5. The van der Waals surface area contributed by atoms with Crippen LogP contribution >= 0.6 is 11.3 Å². The van der Waals surface area contributed by atoms with Crippen molar-refractivity contribution in [2.75, 3.05) is 0 Å². The molecule has 0 amide bonds. The van der Waals surface area contributed by atoms with Gasteiger partial charge in [-0.2, -0.15) is 0 Å². The Bertz CT molecular complexity index is 876. The summed E-state index contributed by atoms with van der Waals surface area (Å²) in [5.74, 6) is 0. The first-order valence-corrected chi connectivity index (χ1v) is 18.4. The normalized spacial score (nSPS) is 12.0. The van der Waals surface area contributed by atoms with Gasteiger partial charge in [-0.1, -0.05) is 0 Å². The van der Waals surface area contributed by atoms with E-state index in [1.54, 1.807) is 5.38 Å². The third kappa shape index (κ3) is 4.32. The van der Waals surface area contributed by atoms with Gasteiger partial charge >= 0.3 is 173 Å². The molecular weight excluding hydrogens is 487 g/mol. The van der Waals surface area contributed by atoms with E-state index < -0.39 is 36.3 Å². The summed E-state index contributed by atoms with van der Waals surface area (Å²) in [6.45, 7) is 6.48. The van der Waals surface area contributed by atoms with E-state index in [0.717, 1.165) is 54.7 Å². The molecule has 7 nitrogen and oxygen atoms in total. The van der Waals surface area contributed by atoms with Gasteiger partial charge in [0.1, 0.15) is 0 Å². The molecule has 28 heavy (non-hydrogen) atoms. The molecule has 0 saturated heterocycles. The van der Waals surface area contributed by atoms with Gasteiger partial charge in [0.15, 0.2) is 0 Å². The molecule has 0 aliphatic carbocycles. The minimum absolute atomic E-state index is 0.227. The molecule has 2 aromatic rings. The first-order chi connectivity index (χ1) is 13.3. The number of carbonyl (C=O) groups is 2. The van der Waals surface area contributed by atoms with Gasteiger partial charge in [0, 0.05) is 0 Å². The molecule has 0 saturated carbocycles. The summed E-state index contributed by atoms with van der Waals surface area (Å²) in [5, 5.41) is 20.8. The molecule has 0 bridgehead atoms. The van der Waals surface area contributed by atoms with Gasteiger partial charge in [-0.3, -0.25) is 0 Å². The summed E-state index contributed by atoms with van der Waals surface area (Å²) in [5.41, 5.74) is -0.421. The topological polar surface area (TPSA) is 102 Å². The van der Waals surface area contributed by atoms with E-state index in [4.69, 9.17) is 0 Å². The van der Waals surface area contributed by atoms with Gasteiger partial charge in [-0.05, 0) is 0 Å². The van der Waals surface area contributed by atoms with Crippen LogP contribution in [0.2, 0.25) is 13.3 Å². The van der Waals surface area contributed by atoms with Crippen LogP contribution in [0.3, 0.4) is 0 Å². The number of carboxylic acid groups (broad SMARTS) is 2. The molecule has 0 fully saturated rings. The van der Waals surface area contributed by atoms with Crippen molar-refractivity contribution >= 4 is 55.8 Å². The molecule has 156 valence electrons. The maximum atomic E-state index is 12.5. The SMILES string of the molecule is CCC[CH2][Sn]([CH2]CCC)([CH2]CCC)[c]1scc2c1n(C(=O)O)c(=O)n2C(=O)O. The molecule has 2 aromatic heterocycles. The van der Waals surface area contributed by atoms with E-state index in [1.165, 1.54) is 11.3 Å². The molecule has 2 rings (SSSR count). The van der Waals surface area contributed by atoms with E-state index in [1.807, 2.05) is 0 Å². The van der Waals surface area contributed by atoms with Gasteiger partial charge < -0.3 is 0 Å². The van der Waals surface area contributed by atoms with Crippen LogP contribution in [0.15, 0.2) is 10.2 Å². The van der Waals surface area contributed by atoms with Crippen LogP contribution in [0.1, 0.15) is 59.3 Å². The Labute approximate surface area is 172 Å². The van der Waals surface area contributed by atoms with Crippen molar-refractivity contribution in [3.05, 3.63) is 15.9 Å². The van der Waals surface area contributed by atoms with Crippen LogP contribution in [-0.4, -0.2) is 49.9 Å². The fourth-order valence-corrected chi connectivity index (χ4v) is 24.7. The molecule has 2 heterocycles. The predicted octanol–water partition coefficient (Wildman–Crippen LogP) is 4.97. The van der Waals surface area contributed by atoms with Crippen molar-refractivity contribution < 1.29 is 19.8 Å². The number of unbranched alkanes of at least 4 members (excludes halogenated alkanes) is 3. The Kier molecular flexibility index (Phi) is 8.17. The minimum atomic E-state index is -3.02. The Hall–Kier alpha value is -1.29. The number of hydrogen-bond donors (Lipinski definition) is 2. The van der Waals surface area contributed by atoms with Crippen molar-refractivity contribution in [2.45, 2.75) is 72.6 Å². The number of aromatic nitrogens is 2. The van der Waals surface area contributed by atoms with Crippen molar-refractivity contribution in [3.8, 4) is 0 Å². The van der Waals surface area contributed by atoms with Crippen LogP contribution in [-0.2, 0) is 0 Å². The second-order valence-corrected chi connectivity index (χ2v) is 22.3. The molecule has 0 radical (unpaired) electrons. The third-order valence-corrected chi connectivity index (χ3v) is 24.8. The molecule has 0 unspecified atom stereocenters. The fraction of sp³-hybridized carbons (Fsp3) is 0.632. The van der Waals surface area contributed by atoms with E-state index in [2.05, 4.69) is 20.8 Å². The van der Waals surface area contributed by atoms with Crippen LogP contribution in [0.5, 0.6) is 0 Å². The summed E-state index contributed by atoms with van der Waals surface area (Å²) in [6, 6.07) is 0. The average Bonchev–Trinajstić information content (AvgIpc) is 3.18. The first kappa shape index (κ1) is 23.0. The number of nitrogens with zero attached hydrogens (tertiary/aromatic N) is 2. The summed E-state index contributed by atoms with van der Waals surface area (Å²) in [4.78, 5) is 36.0. The standard InChI is InChI=1S/C7H3N2O5S.3C4H9.Sn/c10-5-8(6(11)12)3-1-15-2-4(3)9(5)7(13)14;3*1-3-4-2;/h1H,(H,11,12)(H,13,14);3*1,3-4H2,2H3;. The fourth-order valence-electron chi connectivity index (χ4n) is 4.02. The van der Waals surface area contributed by atoms with Gasteiger partial charge in [0.05, 0.1) is 0 Å². The molecule has 0 atom stereocenters. The first-order valence-electron chi connectivity index (χ1n) is 10.1. The van der Waals surface area contributed by atoms with Crippen molar-refractivity contribution in [1.82, 2.24) is 9.13 Å². The van der Waals surface area contributed by atoms with Crippen LogP contribution in [0.25, 0.3) is 11.0 Å². The van der Waals surface area contributed by atoms with Gasteiger partial charge in [-0.25, -0.2) is 0 Å². The molecule has 0 aromatic carbocycles. The molecule has 0 aliphatic rings. The second-order valence-electron chi connectivity index (χ2n) is 7.41. The third-order valence-electron chi connectivity index (χ3n) is 5.48. The number of fused-ring (bicyclic) bond motifs is 1. The van der Waals surface area contributed by atoms with Crippen molar-refractivity contribution in [3.63, 3.8) is 0 Å². The Morgan fingerprint density at radius 2 is 1.39 bits per heavy atom. The zero-order chi connectivity index (χ0) is 20.9. The Morgan fingerprint density at radius 3 is 1.79 bits per heavy atom. The van der Waals surface area contributed by atoms with Crippen LogP contribution in [0.4, 0.5) is 9.59 Å². The van der Waals surface area contributed by atoms with E-state index in [-0.39, 0.29) is 5.52 Å². The number of rotatable bonds is 10. The zero-order valence-corrected chi connectivity index (χ0v) is 20.5. The van der Waals surface area contributed by atoms with Crippen LogP contribution < -0.4 is 8.58 Å². The van der Waals surface area contributed by atoms with Crippen molar-refractivity contribution in [2.24, 2.45) is 0 Å². The second kappa shape index (κ2) is 9.95. The predicted molar refractivity (Wildman–Crippen MR) is 115 cm³/mol. The van der Waals surface area contributed by atoms with Gasteiger partial charge in [0.2, 0.25) is 0 Å². The van der Waals surface area contributed by atoms with E-state index in [9.17, 15) is 24.6 Å². The number of imidazole rings is 1. The average molecular weight is 517 g/mol. The van der Waals surface area contributed by atoms with E-state index >= 15 is 0 Å². The zero-order valence-electron chi connectivity index (χ0n) is 16.9. The molecule has 0 aliphatic heterocycles. The Morgan fingerprint density at radius 1 is 0.929 bits per heavy atom. The van der Waals surface area contributed by atoms with E-state index in [0.29, 0.717) is 14.7 Å². The number of thiophene rings is 1. The summed E-state index contributed by atoms with van der Waals surface area (Å²) >= 11 is -1.54. The summed E-state index contributed by atoms with van der Waals surface area (Å²) < 4.78 is 5.66. The van der Waals surface area contributed by atoms with Crippen LogP contribution in [0, 0.1) is 0 Å². The van der Waals surface area contributed by atoms with Gasteiger partial charge in [-0.15, -0.1) is 0 Å². The van der Waals surface area contributed by atoms with Crippen molar-refractivity contribution in [1.29, 1.82) is 0 Å².